The highest BCUT2D eigenvalue weighted by Crippen LogP contribution is 2.50. The third-order valence-electron chi connectivity index (χ3n) is 6.82. The van der Waals surface area contributed by atoms with E-state index in [1.807, 2.05) is 6.07 Å². The van der Waals surface area contributed by atoms with Crippen LogP contribution in [0.2, 0.25) is 0 Å². The largest absolute Gasteiger partial charge is 0.399 e. The van der Waals surface area contributed by atoms with Crippen LogP contribution >= 0.6 is 0 Å². The van der Waals surface area contributed by atoms with E-state index in [4.69, 9.17) is 5.73 Å². The Morgan fingerprint density at radius 2 is 1.48 bits per heavy atom. The topological polar surface area (TPSA) is 26.0 Å². The summed E-state index contributed by atoms with van der Waals surface area (Å²) in [7, 11) is 0. The molecule has 1 heteroatoms. The predicted octanol–water partition coefficient (Wildman–Crippen LogP) is 6.96. The summed E-state index contributed by atoms with van der Waals surface area (Å²) in [6, 6.07) is 24.5. The second-order valence-corrected chi connectivity index (χ2v) is 8.83. The Hall–Kier alpha value is -3.32. The lowest BCUT2D eigenvalue weighted by Crippen LogP contribution is -2.15. The van der Waals surface area contributed by atoms with Crippen LogP contribution in [0.3, 0.4) is 0 Å². The molecule has 0 radical (unpaired) electrons. The zero-order valence-electron chi connectivity index (χ0n) is 16.8. The summed E-state index contributed by atoms with van der Waals surface area (Å²) >= 11 is 0. The number of benzene rings is 4. The minimum atomic E-state index is -0.0531. The number of allylic oxidation sites excluding steroid dienone is 1. The smallest absolute Gasteiger partial charge is 0.0317 e. The molecule has 0 aromatic heterocycles. The molecule has 0 unspecified atom stereocenters. The molecule has 4 aromatic rings. The van der Waals surface area contributed by atoms with Crippen molar-refractivity contribution in [1.29, 1.82) is 0 Å². The lowest BCUT2D eigenvalue weighted by molar-refractivity contribution is 0.661. The van der Waals surface area contributed by atoms with E-state index in [1.54, 1.807) is 0 Å². The van der Waals surface area contributed by atoms with E-state index in [1.165, 1.54) is 55.3 Å². The van der Waals surface area contributed by atoms with Crippen molar-refractivity contribution in [1.82, 2.24) is 0 Å². The van der Waals surface area contributed by atoms with Crippen LogP contribution in [-0.2, 0) is 11.8 Å². The highest BCUT2D eigenvalue weighted by molar-refractivity contribution is 6.02. The summed E-state index contributed by atoms with van der Waals surface area (Å²) in [5, 5.41) is 2.72. The van der Waals surface area contributed by atoms with E-state index in [0.29, 0.717) is 0 Å². The van der Waals surface area contributed by atoms with Crippen LogP contribution in [0.4, 0.5) is 5.69 Å². The van der Waals surface area contributed by atoms with Crippen molar-refractivity contribution >= 4 is 22.5 Å². The first-order chi connectivity index (χ1) is 14.0. The molecule has 2 N–H and O–H groups in total. The number of nitrogens with two attached hydrogens (primary N) is 1. The standard InChI is InChI=1S/C28H23N/c1-28(2)26-15-18(10-12-23(26)24-13-11-19(29)16-27(24)28)25-14-17-6-5-9-20(17)21-7-3-4-8-22(21)25/h3-8,10-16H,9,29H2,1-2H3. The molecule has 0 bridgehead atoms. The summed E-state index contributed by atoms with van der Waals surface area (Å²) in [5.74, 6) is 0. The molecular formula is C28H23N. The Morgan fingerprint density at radius 3 is 2.31 bits per heavy atom. The molecule has 0 aliphatic heterocycles. The van der Waals surface area contributed by atoms with Gasteiger partial charge < -0.3 is 5.73 Å². The second-order valence-electron chi connectivity index (χ2n) is 8.83. The summed E-state index contributed by atoms with van der Waals surface area (Å²) in [6.07, 6.45) is 5.57. The first kappa shape index (κ1) is 16.6. The van der Waals surface area contributed by atoms with Gasteiger partial charge in [0, 0.05) is 11.1 Å². The van der Waals surface area contributed by atoms with Gasteiger partial charge >= 0.3 is 0 Å². The normalized spacial score (nSPS) is 15.4. The van der Waals surface area contributed by atoms with E-state index in [-0.39, 0.29) is 5.41 Å². The van der Waals surface area contributed by atoms with Crippen molar-refractivity contribution in [3.8, 4) is 22.3 Å². The third kappa shape index (κ3) is 2.22. The molecule has 0 fully saturated rings. The van der Waals surface area contributed by atoms with Gasteiger partial charge in [-0.3, -0.25) is 0 Å². The number of fused-ring (bicyclic) bond motifs is 6. The molecule has 2 aliphatic rings. The van der Waals surface area contributed by atoms with E-state index in [9.17, 15) is 0 Å². The van der Waals surface area contributed by atoms with E-state index in [0.717, 1.165) is 12.1 Å². The van der Waals surface area contributed by atoms with Crippen LogP contribution in [0.1, 0.15) is 36.1 Å². The average molecular weight is 373 g/mol. The molecule has 0 atom stereocenters. The summed E-state index contributed by atoms with van der Waals surface area (Å²) in [6.45, 7) is 4.62. The fraction of sp³-hybridized carbons (Fsp3) is 0.143. The van der Waals surface area contributed by atoms with Crippen molar-refractivity contribution in [3.63, 3.8) is 0 Å². The van der Waals surface area contributed by atoms with Gasteiger partial charge in [-0.1, -0.05) is 68.5 Å². The molecule has 29 heavy (non-hydrogen) atoms. The maximum Gasteiger partial charge on any atom is 0.0317 e. The van der Waals surface area contributed by atoms with Crippen molar-refractivity contribution in [2.24, 2.45) is 0 Å². The minimum Gasteiger partial charge on any atom is -0.399 e. The van der Waals surface area contributed by atoms with Gasteiger partial charge in [0.1, 0.15) is 0 Å². The maximum atomic E-state index is 6.12. The van der Waals surface area contributed by atoms with E-state index < -0.39 is 0 Å². The Morgan fingerprint density at radius 1 is 0.759 bits per heavy atom. The molecule has 0 saturated carbocycles. The van der Waals surface area contributed by atoms with Crippen LogP contribution in [0.5, 0.6) is 0 Å². The molecular weight excluding hydrogens is 350 g/mol. The van der Waals surface area contributed by atoms with Crippen LogP contribution in [-0.4, -0.2) is 0 Å². The van der Waals surface area contributed by atoms with Crippen molar-refractivity contribution in [3.05, 3.63) is 95.1 Å². The maximum absolute atomic E-state index is 6.12. The van der Waals surface area contributed by atoms with Crippen molar-refractivity contribution in [2.45, 2.75) is 25.7 Å². The van der Waals surface area contributed by atoms with Crippen LogP contribution in [0.25, 0.3) is 39.1 Å². The Kier molecular flexibility index (Phi) is 3.21. The lowest BCUT2D eigenvalue weighted by atomic mass is 9.81. The van der Waals surface area contributed by atoms with E-state index in [2.05, 4.69) is 86.7 Å². The van der Waals surface area contributed by atoms with Gasteiger partial charge in [0.25, 0.3) is 0 Å². The van der Waals surface area contributed by atoms with Gasteiger partial charge in [0.15, 0.2) is 0 Å². The Bertz CT molecular complexity index is 1350. The number of rotatable bonds is 1. The van der Waals surface area contributed by atoms with Gasteiger partial charge in [0.05, 0.1) is 0 Å². The zero-order valence-corrected chi connectivity index (χ0v) is 16.8. The molecule has 140 valence electrons. The summed E-state index contributed by atoms with van der Waals surface area (Å²) < 4.78 is 0. The Labute approximate surface area is 171 Å². The molecule has 0 heterocycles. The SMILES string of the molecule is CC1(C)c2cc(N)ccc2-c2ccc(-c3cc4c(c5ccccc35)CC=C4)cc21. The fourth-order valence-corrected chi connectivity index (χ4v) is 5.30. The first-order valence-corrected chi connectivity index (χ1v) is 10.3. The van der Waals surface area contributed by atoms with Crippen LogP contribution in [0, 0.1) is 0 Å². The van der Waals surface area contributed by atoms with Gasteiger partial charge in [0.2, 0.25) is 0 Å². The summed E-state index contributed by atoms with van der Waals surface area (Å²) in [5.41, 5.74) is 17.7. The minimum absolute atomic E-state index is 0.0531. The molecule has 1 nitrogen and oxygen atoms in total. The van der Waals surface area contributed by atoms with E-state index >= 15 is 0 Å². The third-order valence-corrected chi connectivity index (χ3v) is 6.82. The number of hydrogen-bond acceptors (Lipinski definition) is 1. The highest BCUT2D eigenvalue weighted by Gasteiger charge is 2.35. The molecule has 4 aromatic carbocycles. The van der Waals surface area contributed by atoms with Gasteiger partial charge in [-0.25, -0.2) is 0 Å². The zero-order chi connectivity index (χ0) is 19.8. The molecule has 2 aliphatic carbocycles. The first-order valence-electron chi connectivity index (χ1n) is 10.3. The number of hydrogen-bond donors (Lipinski definition) is 1. The highest BCUT2D eigenvalue weighted by atomic mass is 14.5. The number of anilines is 1. The van der Waals surface area contributed by atoms with Gasteiger partial charge in [-0.2, -0.15) is 0 Å². The average Bonchev–Trinajstić information content (AvgIpc) is 3.29. The summed E-state index contributed by atoms with van der Waals surface area (Å²) in [4.78, 5) is 0. The molecule has 0 saturated heterocycles. The van der Waals surface area contributed by atoms with Crippen LogP contribution < -0.4 is 5.73 Å². The second kappa shape index (κ2) is 5.61. The quantitative estimate of drug-likeness (QED) is 0.358. The molecule has 0 spiro atoms. The Balaban J connectivity index is 1.61. The van der Waals surface area contributed by atoms with Crippen molar-refractivity contribution < 1.29 is 0 Å². The monoisotopic (exact) mass is 373 g/mol. The van der Waals surface area contributed by atoms with Gasteiger partial charge in [-0.05, 0) is 86.0 Å². The lowest BCUT2D eigenvalue weighted by Gasteiger charge is -2.22. The van der Waals surface area contributed by atoms with Crippen LogP contribution in [0.15, 0.2) is 72.8 Å². The van der Waals surface area contributed by atoms with Crippen molar-refractivity contribution in [2.75, 3.05) is 5.73 Å². The fourth-order valence-electron chi connectivity index (χ4n) is 5.30. The predicted molar refractivity (Wildman–Crippen MR) is 124 cm³/mol. The molecule has 6 rings (SSSR count). The number of nitrogen functional groups attached to an aromatic ring is 1. The molecule has 0 amide bonds. The van der Waals surface area contributed by atoms with Gasteiger partial charge in [-0.15, -0.1) is 0 Å².